The van der Waals surface area contributed by atoms with Crippen LogP contribution in [-0.2, 0) is 4.79 Å². The highest BCUT2D eigenvalue weighted by molar-refractivity contribution is 7.10. The molecule has 0 bridgehead atoms. The van der Waals surface area contributed by atoms with Crippen LogP contribution in [0.5, 0.6) is 5.75 Å². The molecule has 0 fully saturated rings. The zero-order chi connectivity index (χ0) is 23.6. The number of carbonyl (C=O) groups excluding carboxylic acids is 2. The first-order valence-electron chi connectivity index (χ1n) is 10.9. The standard InChI is InChI=1S/C27H28N2O3S/c1-17-7-5-8-19(13-17)25(30)28-22(15-20-9-6-12-33-20)26(31)29-23-16-27(3,4)32-24-11-10-18(2)14-21(23)24/h5-15,23H,16H2,1-4H3,(H,28,30)(H,29,31)/b22-15-/t23-/m1/s1. The van der Waals surface area contributed by atoms with Crippen molar-refractivity contribution in [1.29, 1.82) is 0 Å². The Morgan fingerprint density at radius 3 is 2.58 bits per heavy atom. The quantitative estimate of drug-likeness (QED) is 0.490. The molecule has 3 aromatic rings. The van der Waals surface area contributed by atoms with E-state index in [0.717, 1.165) is 27.3 Å². The molecule has 2 aromatic carbocycles. The molecule has 0 spiro atoms. The average molecular weight is 461 g/mol. The highest BCUT2D eigenvalue weighted by Gasteiger charge is 2.35. The van der Waals surface area contributed by atoms with Gasteiger partial charge in [0.15, 0.2) is 0 Å². The van der Waals surface area contributed by atoms with E-state index in [4.69, 9.17) is 4.74 Å². The van der Waals surface area contributed by atoms with E-state index in [1.807, 2.05) is 75.5 Å². The fourth-order valence-corrected chi connectivity index (χ4v) is 4.65. The third kappa shape index (κ3) is 5.52. The van der Waals surface area contributed by atoms with Crippen molar-refractivity contribution in [3.63, 3.8) is 0 Å². The molecule has 1 aliphatic heterocycles. The molecule has 2 N–H and O–H groups in total. The van der Waals surface area contributed by atoms with Crippen molar-refractivity contribution in [2.75, 3.05) is 0 Å². The second-order valence-corrected chi connectivity index (χ2v) is 10.0. The number of carbonyl (C=O) groups is 2. The van der Waals surface area contributed by atoms with Gasteiger partial charge in [-0.15, -0.1) is 11.3 Å². The topological polar surface area (TPSA) is 67.4 Å². The number of ether oxygens (including phenoxy) is 1. The van der Waals surface area contributed by atoms with Crippen molar-refractivity contribution in [1.82, 2.24) is 10.6 Å². The second kappa shape index (κ2) is 9.24. The molecule has 0 saturated carbocycles. The lowest BCUT2D eigenvalue weighted by Crippen LogP contribution is -2.43. The third-order valence-corrected chi connectivity index (χ3v) is 6.35. The Kier molecular flexibility index (Phi) is 6.38. The number of rotatable bonds is 5. The molecular formula is C27H28N2O3S. The van der Waals surface area contributed by atoms with Crippen molar-refractivity contribution >= 4 is 29.2 Å². The van der Waals surface area contributed by atoms with Crippen LogP contribution < -0.4 is 15.4 Å². The molecule has 1 atom stereocenters. The smallest absolute Gasteiger partial charge is 0.268 e. The van der Waals surface area contributed by atoms with Crippen LogP contribution in [0.4, 0.5) is 0 Å². The van der Waals surface area contributed by atoms with E-state index in [-0.39, 0.29) is 23.6 Å². The Balaban J connectivity index is 1.62. The van der Waals surface area contributed by atoms with Gasteiger partial charge in [0.05, 0.1) is 6.04 Å². The number of thiophene rings is 1. The number of amides is 2. The van der Waals surface area contributed by atoms with Crippen LogP contribution in [0, 0.1) is 13.8 Å². The number of hydrogen-bond donors (Lipinski definition) is 2. The summed E-state index contributed by atoms with van der Waals surface area (Å²) < 4.78 is 6.13. The molecule has 33 heavy (non-hydrogen) atoms. The summed E-state index contributed by atoms with van der Waals surface area (Å²) in [6, 6.07) is 16.9. The number of benzene rings is 2. The summed E-state index contributed by atoms with van der Waals surface area (Å²) in [5.41, 5.74) is 3.31. The molecule has 1 aliphatic rings. The van der Waals surface area contributed by atoms with Gasteiger partial charge in [-0.2, -0.15) is 0 Å². The van der Waals surface area contributed by atoms with Crippen LogP contribution in [-0.4, -0.2) is 17.4 Å². The van der Waals surface area contributed by atoms with E-state index >= 15 is 0 Å². The van der Waals surface area contributed by atoms with E-state index in [1.165, 1.54) is 11.3 Å². The fraction of sp³-hybridized carbons (Fsp3) is 0.259. The van der Waals surface area contributed by atoms with Gasteiger partial charge in [0.2, 0.25) is 0 Å². The van der Waals surface area contributed by atoms with Gasteiger partial charge >= 0.3 is 0 Å². The van der Waals surface area contributed by atoms with Crippen molar-refractivity contribution in [3.05, 3.63) is 92.8 Å². The van der Waals surface area contributed by atoms with Gasteiger partial charge in [0, 0.05) is 22.4 Å². The number of hydrogen-bond acceptors (Lipinski definition) is 4. The first kappa shape index (κ1) is 22.8. The van der Waals surface area contributed by atoms with E-state index in [0.29, 0.717) is 12.0 Å². The average Bonchev–Trinajstić information content (AvgIpc) is 3.26. The Bertz CT molecular complexity index is 1210. The van der Waals surface area contributed by atoms with Crippen LogP contribution in [0.3, 0.4) is 0 Å². The summed E-state index contributed by atoms with van der Waals surface area (Å²) in [5.74, 6) is 0.120. The monoisotopic (exact) mass is 460 g/mol. The Hall–Kier alpha value is -3.38. The SMILES string of the molecule is Cc1cccc(C(=O)N/C(=C\c2cccs2)C(=O)N[C@@H]2CC(C)(C)Oc3ccc(C)cc32)c1. The second-order valence-electron chi connectivity index (χ2n) is 9.03. The minimum Gasteiger partial charge on any atom is -0.487 e. The maximum atomic E-state index is 13.4. The maximum Gasteiger partial charge on any atom is 0.268 e. The normalized spacial score (nSPS) is 17.0. The Morgan fingerprint density at radius 1 is 1.06 bits per heavy atom. The summed E-state index contributed by atoms with van der Waals surface area (Å²) in [7, 11) is 0. The minimum atomic E-state index is -0.428. The summed E-state index contributed by atoms with van der Waals surface area (Å²) in [6.07, 6.45) is 2.34. The fourth-order valence-electron chi connectivity index (χ4n) is 3.99. The largest absolute Gasteiger partial charge is 0.487 e. The lowest BCUT2D eigenvalue weighted by molar-refractivity contribution is -0.119. The number of aryl methyl sites for hydroxylation is 2. The van der Waals surface area contributed by atoms with Gasteiger partial charge in [-0.25, -0.2) is 0 Å². The number of nitrogens with one attached hydrogen (secondary N) is 2. The summed E-state index contributed by atoms with van der Waals surface area (Å²) in [5, 5.41) is 7.91. The molecule has 170 valence electrons. The van der Waals surface area contributed by atoms with E-state index in [1.54, 1.807) is 18.2 Å². The van der Waals surface area contributed by atoms with Crippen molar-refractivity contribution in [2.45, 2.75) is 45.8 Å². The van der Waals surface area contributed by atoms with Crippen LogP contribution in [0.1, 0.15) is 58.2 Å². The predicted octanol–water partition coefficient (Wildman–Crippen LogP) is 5.55. The highest BCUT2D eigenvalue weighted by Crippen LogP contribution is 2.40. The molecule has 2 amide bonds. The van der Waals surface area contributed by atoms with E-state index in [2.05, 4.69) is 10.6 Å². The Morgan fingerprint density at radius 2 is 1.85 bits per heavy atom. The van der Waals surface area contributed by atoms with Gasteiger partial charge in [0.25, 0.3) is 11.8 Å². The molecule has 0 radical (unpaired) electrons. The summed E-state index contributed by atoms with van der Waals surface area (Å²) in [6.45, 7) is 7.97. The summed E-state index contributed by atoms with van der Waals surface area (Å²) in [4.78, 5) is 27.3. The minimum absolute atomic E-state index is 0.211. The molecule has 0 aliphatic carbocycles. The first-order valence-corrected chi connectivity index (χ1v) is 11.8. The van der Waals surface area contributed by atoms with Gasteiger partial charge < -0.3 is 15.4 Å². The molecule has 4 rings (SSSR count). The van der Waals surface area contributed by atoms with E-state index in [9.17, 15) is 9.59 Å². The van der Waals surface area contributed by atoms with E-state index < -0.39 is 5.60 Å². The zero-order valence-electron chi connectivity index (χ0n) is 19.3. The predicted molar refractivity (Wildman–Crippen MR) is 132 cm³/mol. The third-order valence-electron chi connectivity index (χ3n) is 5.53. The molecule has 0 unspecified atom stereocenters. The lowest BCUT2D eigenvalue weighted by Gasteiger charge is -2.38. The zero-order valence-corrected chi connectivity index (χ0v) is 20.1. The van der Waals surface area contributed by atoms with Crippen LogP contribution in [0.2, 0.25) is 0 Å². The first-order chi connectivity index (χ1) is 15.7. The van der Waals surface area contributed by atoms with Gasteiger partial charge in [-0.3, -0.25) is 9.59 Å². The lowest BCUT2D eigenvalue weighted by atomic mass is 9.89. The molecular weight excluding hydrogens is 432 g/mol. The Labute approximate surface area is 198 Å². The van der Waals surface area contributed by atoms with Gasteiger partial charge in [-0.05, 0) is 63.4 Å². The van der Waals surface area contributed by atoms with Crippen molar-refractivity contribution < 1.29 is 14.3 Å². The molecule has 6 heteroatoms. The molecule has 2 heterocycles. The van der Waals surface area contributed by atoms with Crippen LogP contribution in [0.15, 0.2) is 65.7 Å². The number of fused-ring (bicyclic) bond motifs is 1. The summed E-state index contributed by atoms with van der Waals surface area (Å²) >= 11 is 1.50. The molecule has 0 saturated heterocycles. The van der Waals surface area contributed by atoms with Gasteiger partial charge in [-0.1, -0.05) is 41.5 Å². The van der Waals surface area contributed by atoms with Crippen LogP contribution in [0.25, 0.3) is 6.08 Å². The highest BCUT2D eigenvalue weighted by atomic mass is 32.1. The van der Waals surface area contributed by atoms with Crippen LogP contribution >= 0.6 is 11.3 Å². The van der Waals surface area contributed by atoms with Crippen molar-refractivity contribution in [3.8, 4) is 5.75 Å². The molecule has 5 nitrogen and oxygen atoms in total. The maximum absolute atomic E-state index is 13.4. The van der Waals surface area contributed by atoms with Gasteiger partial charge in [0.1, 0.15) is 17.0 Å². The van der Waals surface area contributed by atoms with Crippen molar-refractivity contribution in [2.24, 2.45) is 0 Å². The molecule has 1 aromatic heterocycles.